The molecule has 3 nitrogen and oxygen atoms in total. The van der Waals surface area contributed by atoms with Crippen LogP contribution in [-0.4, -0.2) is 12.4 Å². The topological polar surface area (TPSA) is 43.3 Å². The van der Waals surface area contributed by atoms with E-state index in [1.54, 1.807) is 11.3 Å². The molecule has 5 heteroatoms. The van der Waals surface area contributed by atoms with Crippen molar-refractivity contribution >= 4 is 19.2 Å². The summed E-state index contributed by atoms with van der Waals surface area (Å²) in [5.41, 5.74) is 1.36. The Hall–Kier alpha value is -0.705. The minimum absolute atomic E-state index is 0.0744. The maximum Gasteiger partial charge on any atom is 0.207 e. The Kier molecular flexibility index (Phi) is 4.86. The van der Waals surface area contributed by atoms with E-state index in [2.05, 4.69) is 16.6 Å². The molecular formula is C12H22BN3S. The highest BCUT2D eigenvalue weighted by atomic mass is 32.1. The van der Waals surface area contributed by atoms with Gasteiger partial charge in [-0.15, -0.1) is 0 Å². The normalized spacial score (nSPS) is 24.6. The fourth-order valence-electron chi connectivity index (χ4n) is 2.21. The van der Waals surface area contributed by atoms with Crippen molar-refractivity contribution in [1.29, 1.82) is 0 Å². The molecule has 0 aromatic carbocycles. The van der Waals surface area contributed by atoms with Crippen LogP contribution in [0.15, 0.2) is 5.10 Å². The van der Waals surface area contributed by atoms with Crippen molar-refractivity contribution in [3.8, 4) is 0 Å². The number of rotatable bonds is 0. The zero-order valence-electron chi connectivity index (χ0n) is 11.3. The maximum absolute atomic E-state index is 6.23. The van der Waals surface area contributed by atoms with Gasteiger partial charge in [0, 0.05) is 17.6 Å². The Morgan fingerprint density at radius 3 is 2.71 bits per heavy atom. The van der Waals surface area contributed by atoms with E-state index < -0.39 is 0 Å². The largest absolute Gasteiger partial charge is 0.322 e. The first-order chi connectivity index (χ1) is 8.03. The third-order valence-corrected chi connectivity index (χ3v) is 4.25. The fraction of sp³-hybridized carbons (Fsp3) is 0.750. The van der Waals surface area contributed by atoms with Crippen LogP contribution in [0.25, 0.3) is 0 Å². The SMILES string of the molecule is CC.[B]C1(C)CCCc2c(s/c(=N\N)n2C)C1. The first kappa shape index (κ1) is 14.4. The average molecular weight is 251 g/mol. The standard InChI is InChI=1S/C10H16BN3S.C2H6/c1-10(11)5-3-4-7-8(6-10)15-9(13-12)14(7)2;1-2/h3-6,12H2,1-2H3;1-2H3/b13-9-;. The molecule has 1 aliphatic carbocycles. The molecule has 1 heterocycles. The second kappa shape index (κ2) is 5.76. The second-order valence-corrected chi connectivity index (χ2v) is 5.69. The average Bonchev–Trinajstić information content (AvgIpc) is 2.50. The Labute approximate surface area is 109 Å². The van der Waals surface area contributed by atoms with Crippen LogP contribution in [-0.2, 0) is 19.9 Å². The Morgan fingerprint density at radius 1 is 1.47 bits per heavy atom. The summed E-state index contributed by atoms with van der Waals surface area (Å²) in [6, 6.07) is 0. The van der Waals surface area contributed by atoms with Gasteiger partial charge in [0.05, 0.1) is 7.85 Å². The van der Waals surface area contributed by atoms with Gasteiger partial charge < -0.3 is 10.4 Å². The summed E-state index contributed by atoms with van der Waals surface area (Å²) in [6.07, 6.45) is 4.26. The first-order valence-electron chi connectivity index (χ1n) is 6.24. The summed E-state index contributed by atoms with van der Waals surface area (Å²) in [6.45, 7) is 6.13. The molecule has 1 unspecified atom stereocenters. The van der Waals surface area contributed by atoms with Gasteiger partial charge in [-0.25, -0.2) is 0 Å². The molecule has 0 fully saturated rings. The summed E-state index contributed by atoms with van der Waals surface area (Å²) in [7, 11) is 8.26. The number of nitrogens with zero attached hydrogens (tertiary/aromatic N) is 2. The molecule has 2 N–H and O–H groups in total. The Balaban J connectivity index is 0.000000686. The molecule has 0 aliphatic heterocycles. The number of hydrogen-bond acceptors (Lipinski definition) is 3. The van der Waals surface area contributed by atoms with E-state index in [1.807, 2.05) is 20.9 Å². The lowest BCUT2D eigenvalue weighted by Crippen LogP contribution is -2.15. The predicted molar refractivity (Wildman–Crippen MR) is 75.2 cm³/mol. The number of hydrogen-bond donors (Lipinski definition) is 1. The number of nitrogens with two attached hydrogens (primary N) is 1. The lowest BCUT2D eigenvalue weighted by atomic mass is 9.66. The molecule has 1 aromatic rings. The zero-order valence-corrected chi connectivity index (χ0v) is 12.1. The molecule has 1 aromatic heterocycles. The quantitative estimate of drug-likeness (QED) is 0.326. The van der Waals surface area contributed by atoms with Crippen LogP contribution in [0.3, 0.4) is 0 Å². The fourth-order valence-corrected chi connectivity index (χ4v) is 3.49. The van der Waals surface area contributed by atoms with Crippen LogP contribution in [0, 0.1) is 0 Å². The van der Waals surface area contributed by atoms with Crippen LogP contribution < -0.4 is 10.6 Å². The van der Waals surface area contributed by atoms with E-state index in [0.717, 1.165) is 30.5 Å². The molecule has 94 valence electrons. The van der Waals surface area contributed by atoms with Gasteiger partial charge in [-0.2, -0.15) is 5.10 Å². The third kappa shape index (κ3) is 3.15. The van der Waals surface area contributed by atoms with Crippen LogP contribution in [0.4, 0.5) is 0 Å². The first-order valence-corrected chi connectivity index (χ1v) is 7.05. The molecule has 0 saturated carbocycles. The van der Waals surface area contributed by atoms with Crippen LogP contribution in [0.1, 0.15) is 44.2 Å². The van der Waals surface area contributed by atoms with Gasteiger partial charge in [0.15, 0.2) is 0 Å². The molecule has 1 atom stereocenters. The van der Waals surface area contributed by atoms with Gasteiger partial charge >= 0.3 is 0 Å². The van der Waals surface area contributed by atoms with E-state index in [-0.39, 0.29) is 5.31 Å². The smallest absolute Gasteiger partial charge is 0.207 e. The molecule has 0 saturated heterocycles. The highest BCUT2D eigenvalue weighted by Crippen LogP contribution is 2.37. The molecule has 1 aliphatic rings. The van der Waals surface area contributed by atoms with Crippen LogP contribution >= 0.6 is 11.3 Å². The Morgan fingerprint density at radius 2 is 2.12 bits per heavy atom. The van der Waals surface area contributed by atoms with Gasteiger partial charge in [0.1, 0.15) is 0 Å². The van der Waals surface area contributed by atoms with Gasteiger partial charge in [-0.1, -0.05) is 43.8 Å². The van der Waals surface area contributed by atoms with Gasteiger partial charge in [-0.3, -0.25) is 0 Å². The van der Waals surface area contributed by atoms with Gasteiger partial charge in [0.25, 0.3) is 0 Å². The van der Waals surface area contributed by atoms with E-state index in [4.69, 9.17) is 13.7 Å². The molecule has 17 heavy (non-hydrogen) atoms. The highest BCUT2D eigenvalue weighted by Gasteiger charge is 2.25. The van der Waals surface area contributed by atoms with Crippen molar-refractivity contribution in [2.75, 3.05) is 0 Å². The minimum Gasteiger partial charge on any atom is -0.322 e. The zero-order chi connectivity index (χ0) is 13.1. The van der Waals surface area contributed by atoms with Gasteiger partial charge in [0.2, 0.25) is 4.80 Å². The van der Waals surface area contributed by atoms with E-state index >= 15 is 0 Å². The monoisotopic (exact) mass is 251 g/mol. The van der Waals surface area contributed by atoms with Crippen LogP contribution in [0.5, 0.6) is 0 Å². The predicted octanol–water partition coefficient (Wildman–Crippen LogP) is 2.11. The third-order valence-electron chi connectivity index (χ3n) is 3.06. The molecule has 0 bridgehead atoms. The lowest BCUT2D eigenvalue weighted by molar-refractivity contribution is 0.551. The van der Waals surface area contributed by atoms with Crippen LogP contribution in [0.2, 0.25) is 5.31 Å². The van der Waals surface area contributed by atoms with Crippen molar-refractivity contribution in [3.05, 3.63) is 15.4 Å². The molecular weight excluding hydrogens is 229 g/mol. The van der Waals surface area contributed by atoms with E-state index in [1.165, 1.54) is 10.6 Å². The number of fused-ring (bicyclic) bond motifs is 1. The number of thiazole rings is 1. The Bertz CT molecular complexity index is 431. The summed E-state index contributed by atoms with van der Waals surface area (Å²) in [5, 5.41) is 3.72. The van der Waals surface area contributed by atoms with E-state index in [0.29, 0.717) is 0 Å². The van der Waals surface area contributed by atoms with Gasteiger partial charge in [-0.05, 0) is 19.3 Å². The molecule has 0 amide bonds. The summed E-state index contributed by atoms with van der Waals surface area (Å²) in [5.74, 6) is 5.35. The van der Waals surface area contributed by atoms with Crippen molar-refractivity contribution in [2.45, 2.75) is 51.8 Å². The minimum atomic E-state index is -0.0744. The molecule has 2 rings (SSSR count). The second-order valence-electron chi connectivity index (χ2n) is 4.63. The number of aromatic nitrogens is 1. The highest BCUT2D eigenvalue weighted by molar-refractivity contribution is 7.09. The van der Waals surface area contributed by atoms with E-state index in [9.17, 15) is 0 Å². The van der Waals surface area contributed by atoms with Crippen molar-refractivity contribution in [2.24, 2.45) is 18.0 Å². The molecule has 0 spiro atoms. The maximum atomic E-state index is 6.23. The van der Waals surface area contributed by atoms with Crippen molar-refractivity contribution in [1.82, 2.24) is 4.57 Å². The lowest BCUT2D eigenvalue weighted by Gasteiger charge is -2.21. The van der Waals surface area contributed by atoms with Crippen molar-refractivity contribution in [3.63, 3.8) is 0 Å². The summed E-state index contributed by atoms with van der Waals surface area (Å²) < 4.78 is 2.10. The molecule has 2 radical (unpaired) electrons. The van der Waals surface area contributed by atoms with Crippen molar-refractivity contribution < 1.29 is 0 Å². The summed E-state index contributed by atoms with van der Waals surface area (Å²) in [4.78, 5) is 2.24. The summed E-state index contributed by atoms with van der Waals surface area (Å²) >= 11 is 1.67.